The lowest BCUT2D eigenvalue weighted by Gasteiger charge is -2.09. The van der Waals surface area contributed by atoms with Gasteiger partial charge in [-0.3, -0.25) is 0 Å². The molecule has 1 aromatic heterocycles. The Labute approximate surface area is 129 Å². The lowest BCUT2D eigenvalue weighted by molar-refractivity contribution is 0.414. The molecule has 2 rings (SSSR count). The maximum absolute atomic E-state index is 5.28. The number of rotatable bonds is 6. The third kappa shape index (κ3) is 4.12. The van der Waals surface area contributed by atoms with Crippen molar-refractivity contribution in [3.63, 3.8) is 0 Å². The molecule has 0 saturated heterocycles. The maximum Gasteiger partial charge on any atom is 0.119 e. The van der Waals surface area contributed by atoms with E-state index >= 15 is 0 Å². The normalized spacial score (nSPS) is 11.1. The number of hydrogen-bond donors (Lipinski definition) is 1. The molecule has 4 heteroatoms. The van der Waals surface area contributed by atoms with Crippen LogP contribution in [-0.4, -0.2) is 17.7 Å². The zero-order chi connectivity index (χ0) is 14.5. The van der Waals surface area contributed by atoms with Gasteiger partial charge in [-0.2, -0.15) is 0 Å². The van der Waals surface area contributed by atoms with Crippen LogP contribution in [0.1, 0.15) is 25.0 Å². The van der Waals surface area contributed by atoms with Crippen molar-refractivity contribution < 1.29 is 4.74 Å². The van der Waals surface area contributed by atoms with Crippen LogP contribution in [0.25, 0.3) is 0 Å². The van der Waals surface area contributed by atoms with Gasteiger partial charge >= 0.3 is 0 Å². The lowest BCUT2D eigenvalue weighted by Crippen LogP contribution is -2.21. The zero-order valence-electron chi connectivity index (χ0n) is 12.2. The molecule has 0 atom stereocenters. The summed E-state index contributed by atoms with van der Waals surface area (Å²) < 4.78 is 8.57. The second kappa shape index (κ2) is 6.95. The standard InChI is InChI=1S/C16H21BrN2O/c1-12(2)18-9-13-6-7-19(10-13)11-14-8-15(20-3)4-5-16(14)17/h4-8,10,12,18H,9,11H2,1-3H3. The Morgan fingerprint density at radius 2 is 2.10 bits per heavy atom. The molecular weight excluding hydrogens is 316 g/mol. The van der Waals surface area contributed by atoms with Crippen molar-refractivity contribution >= 4 is 15.9 Å². The van der Waals surface area contributed by atoms with Crippen molar-refractivity contribution in [1.82, 2.24) is 9.88 Å². The van der Waals surface area contributed by atoms with Crippen LogP contribution < -0.4 is 10.1 Å². The maximum atomic E-state index is 5.28. The van der Waals surface area contributed by atoms with Gasteiger partial charge in [0, 0.05) is 36.0 Å². The third-order valence-corrected chi connectivity index (χ3v) is 3.91. The molecule has 0 aliphatic heterocycles. The van der Waals surface area contributed by atoms with Crippen molar-refractivity contribution in [2.45, 2.75) is 33.0 Å². The van der Waals surface area contributed by atoms with Gasteiger partial charge in [0.25, 0.3) is 0 Å². The molecule has 0 aliphatic carbocycles. The first-order chi connectivity index (χ1) is 9.58. The minimum atomic E-state index is 0.505. The summed E-state index contributed by atoms with van der Waals surface area (Å²) in [7, 11) is 1.69. The highest BCUT2D eigenvalue weighted by atomic mass is 79.9. The number of aromatic nitrogens is 1. The minimum absolute atomic E-state index is 0.505. The molecule has 1 aromatic carbocycles. The number of halogens is 1. The van der Waals surface area contributed by atoms with Crippen LogP contribution in [0, 0.1) is 0 Å². The second-order valence-electron chi connectivity index (χ2n) is 5.19. The molecule has 1 heterocycles. The molecule has 0 spiro atoms. The Hall–Kier alpha value is -1.26. The van der Waals surface area contributed by atoms with E-state index in [1.807, 2.05) is 12.1 Å². The molecule has 0 aliphatic rings. The van der Waals surface area contributed by atoms with E-state index in [0.717, 1.165) is 23.3 Å². The monoisotopic (exact) mass is 336 g/mol. The van der Waals surface area contributed by atoms with Crippen molar-refractivity contribution in [3.8, 4) is 5.75 Å². The summed E-state index contributed by atoms with van der Waals surface area (Å²) in [6.45, 7) is 6.05. The van der Waals surface area contributed by atoms with Crippen LogP contribution in [0.15, 0.2) is 41.1 Å². The van der Waals surface area contributed by atoms with Crippen LogP contribution >= 0.6 is 15.9 Å². The van der Waals surface area contributed by atoms with Crippen LogP contribution in [0.2, 0.25) is 0 Å². The van der Waals surface area contributed by atoms with Gasteiger partial charge < -0.3 is 14.6 Å². The molecule has 0 amide bonds. The first-order valence-electron chi connectivity index (χ1n) is 6.79. The first kappa shape index (κ1) is 15.1. The molecule has 3 nitrogen and oxygen atoms in total. The van der Waals surface area contributed by atoms with E-state index in [0.29, 0.717) is 6.04 Å². The van der Waals surface area contributed by atoms with Gasteiger partial charge in [0.15, 0.2) is 0 Å². The van der Waals surface area contributed by atoms with Gasteiger partial charge in [0.05, 0.1) is 7.11 Å². The Kier molecular flexibility index (Phi) is 5.26. The number of benzene rings is 1. The molecule has 2 aromatic rings. The van der Waals surface area contributed by atoms with Crippen molar-refractivity contribution in [2.24, 2.45) is 0 Å². The number of nitrogens with zero attached hydrogens (tertiary/aromatic N) is 1. The fourth-order valence-corrected chi connectivity index (χ4v) is 2.38. The summed E-state index contributed by atoms with van der Waals surface area (Å²) in [5, 5.41) is 3.43. The van der Waals surface area contributed by atoms with E-state index in [9.17, 15) is 0 Å². The molecule has 0 saturated carbocycles. The summed E-state index contributed by atoms with van der Waals surface area (Å²) >= 11 is 3.59. The van der Waals surface area contributed by atoms with Gasteiger partial charge in [-0.05, 0) is 35.4 Å². The van der Waals surface area contributed by atoms with Crippen LogP contribution in [0.3, 0.4) is 0 Å². The fourth-order valence-electron chi connectivity index (χ4n) is 2.01. The van der Waals surface area contributed by atoms with E-state index in [4.69, 9.17) is 4.74 Å². The smallest absolute Gasteiger partial charge is 0.119 e. The van der Waals surface area contributed by atoms with E-state index in [1.54, 1.807) is 7.11 Å². The number of ether oxygens (including phenoxy) is 1. The number of hydrogen-bond acceptors (Lipinski definition) is 2. The Morgan fingerprint density at radius 1 is 1.30 bits per heavy atom. The van der Waals surface area contributed by atoms with Crippen LogP contribution in [0.5, 0.6) is 5.75 Å². The molecule has 0 bridgehead atoms. The average molecular weight is 337 g/mol. The van der Waals surface area contributed by atoms with E-state index in [2.05, 4.69) is 64.2 Å². The zero-order valence-corrected chi connectivity index (χ0v) is 13.8. The van der Waals surface area contributed by atoms with Gasteiger partial charge in [0.2, 0.25) is 0 Å². The minimum Gasteiger partial charge on any atom is -0.497 e. The molecule has 0 fully saturated rings. The van der Waals surface area contributed by atoms with Crippen molar-refractivity contribution in [3.05, 3.63) is 52.3 Å². The van der Waals surface area contributed by atoms with Crippen molar-refractivity contribution in [1.29, 1.82) is 0 Å². The first-order valence-corrected chi connectivity index (χ1v) is 7.58. The average Bonchev–Trinajstić information content (AvgIpc) is 2.86. The summed E-state index contributed by atoms with van der Waals surface area (Å²) in [5.74, 6) is 0.886. The fraction of sp³-hybridized carbons (Fsp3) is 0.375. The molecule has 0 radical (unpaired) electrons. The summed E-state index contributed by atoms with van der Waals surface area (Å²) in [5.41, 5.74) is 2.51. The molecule has 20 heavy (non-hydrogen) atoms. The summed E-state index contributed by atoms with van der Waals surface area (Å²) in [4.78, 5) is 0. The van der Waals surface area contributed by atoms with Gasteiger partial charge in [-0.25, -0.2) is 0 Å². The Bertz CT molecular complexity index is 563. The Balaban J connectivity index is 2.06. The lowest BCUT2D eigenvalue weighted by atomic mass is 10.2. The highest BCUT2D eigenvalue weighted by Gasteiger charge is 2.04. The van der Waals surface area contributed by atoms with Gasteiger partial charge in [-0.15, -0.1) is 0 Å². The molecule has 108 valence electrons. The Morgan fingerprint density at radius 3 is 2.80 bits per heavy atom. The number of methoxy groups -OCH3 is 1. The summed E-state index contributed by atoms with van der Waals surface area (Å²) in [6.07, 6.45) is 4.30. The van der Waals surface area contributed by atoms with Crippen LogP contribution in [-0.2, 0) is 13.1 Å². The van der Waals surface area contributed by atoms with Gasteiger partial charge in [-0.1, -0.05) is 29.8 Å². The quantitative estimate of drug-likeness (QED) is 0.868. The summed E-state index contributed by atoms with van der Waals surface area (Å²) in [6, 6.07) is 8.71. The van der Waals surface area contributed by atoms with Crippen LogP contribution in [0.4, 0.5) is 0 Å². The molecular formula is C16H21BrN2O. The SMILES string of the molecule is COc1ccc(Br)c(Cn2ccc(CNC(C)C)c2)c1. The van der Waals surface area contributed by atoms with Crippen molar-refractivity contribution in [2.75, 3.05) is 7.11 Å². The van der Waals surface area contributed by atoms with E-state index in [1.165, 1.54) is 11.1 Å². The third-order valence-electron chi connectivity index (χ3n) is 3.13. The largest absolute Gasteiger partial charge is 0.497 e. The van der Waals surface area contributed by atoms with Gasteiger partial charge in [0.1, 0.15) is 5.75 Å². The highest BCUT2D eigenvalue weighted by Crippen LogP contribution is 2.23. The van der Waals surface area contributed by atoms with E-state index in [-0.39, 0.29) is 0 Å². The number of nitrogens with one attached hydrogen (secondary N) is 1. The second-order valence-corrected chi connectivity index (χ2v) is 6.04. The molecule has 1 N–H and O–H groups in total. The predicted molar refractivity (Wildman–Crippen MR) is 86.2 cm³/mol. The van der Waals surface area contributed by atoms with E-state index < -0.39 is 0 Å². The highest BCUT2D eigenvalue weighted by molar-refractivity contribution is 9.10. The topological polar surface area (TPSA) is 26.2 Å². The molecule has 0 unspecified atom stereocenters. The predicted octanol–water partition coefficient (Wildman–Crippen LogP) is 3.81.